The van der Waals surface area contributed by atoms with E-state index in [1.807, 2.05) is 32.0 Å². The summed E-state index contributed by atoms with van der Waals surface area (Å²) in [5.74, 6) is -0.0380. The molecule has 2 amide bonds. The van der Waals surface area contributed by atoms with Crippen LogP contribution in [0.15, 0.2) is 30.3 Å². The Labute approximate surface area is 187 Å². The minimum atomic E-state index is -0.341. The Hall–Kier alpha value is -2.93. The summed E-state index contributed by atoms with van der Waals surface area (Å²) >= 11 is 0. The van der Waals surface area contributed by atoms with E-state index < -0.39 is 0 Å². The molecule has 0 radical (unpaired) electrons. The van der Waals surface area contributed by atoms with Crippen LogP contribution < -0.4 is 10.1 Å². The molecule has 2 aliphatic heterocycles. The van der Waals surface area contributed by atoms with Crippen molar-refractivity contribution in [1.82, 2.24) is 10.2 Å². The summed E-state index contributed by atoms with van der Waals surface area (Å²) in [5.41, 5.74) is 4.18. The molecule has 0 saturated carbocycles. The van der Waals surface area contributed by atoms with Gasteiger partial charge >= 0.3 is 0 Å². The topological polar surface area (TPSA) is 67.9 Å². The molecule has 0 aliphatic carbocycles. The standard InChI is InChI=1S/C25H29FN2O4/c1-16-8-17(2)10-20(9-16)25(30)28-7-3-4-19(13-28)24(29)27-6-5-18-11-22(26)12-21-14-31-15-32-23(18)21/h8-12,19H,3-7,13-15H2,1-2H3,(H,27,29). The molecule has 1 unspecified atom stereocenters. The molecule has 170 valence electrons. The highest BCUT2D eigenvalue weighted by Crippen LogP contribution is 2.29. The van der Waals surface area contributed by atoms with Gasteiger partial charge in [-0.1, -0.05) is 17.2 Å². The van der Waals surface area contributed by atoms with Crippen LogP contribution in [0.2, 0.25) is 0 Å². The Morgan fingerprint density at radius 3 is 2.72 bits per heavy atom. The number of hydrogen-bond acceptors (Lipinski definition) is 4. The zero-order valence-electron chi connectivity index (χ0n) is 18.6. The lowest BCUT2D eigenvalue weighted by atomic mass is 9.96. The number of aryl methyl sites for hydroxylation is 2. The molecule has 6 nitrogen and oxygen atoms in total. The van der Waals surface area contributed by atoms with Gasteiger partial charge in [0.2, 0.25) is 5.91 Å². The van der Waals surface area contributed by atoms with Crippen molar-refractivity contribution in [2.75, 3.05) is 26.4 Å². The van der Waals surface area contributed by atoms with Crippen LogP contribution in [0.5, 0.6) is 5.75 Å². The van der Waals surface area contributed by atoms with Gasteiger partial charge in [0, 0.05) is 30.8 Å². The molecule has 1 N–H and O–H groups in total. The third-order valence-electron chi connectivity index (χ3n) is 5.99. The smallest absolute Gasteiger partial charge is 0.253 e. The largest absolute Gasteiger partial charge is 0.467 e. The van der Waals surface area contributed by atoms with Crippen molar-refractivity contribution in [3.8, 4) is 5.75 Å². The van der Waals surface area contributed by atoms with Crippen molar-refractivity contribution in [3.05, 3.63) is 64.0 Å². The summed E-state index contributed by atoms with van der Waals surface area (Å²) in [6.07, 6.45) is 2.00. The van der Waals surface area contributed by atoms with E-state index in [1.54, 1.807) is 4.90 Å². The van der Waals surface area contributed by atoms with Crippen LogP contribution >= 0.6 is 0 Å². The summed E-state index contributed by atoms with van der Waals surface area (Å²) in [5, 5.41) is 2.96. The molecule has 0 bridgehead atoms. The number of likely N-dealkylation sites (tertiary alicyclic amines) is 1. The maximum Gasteiger partial charge on any atom is 0.253 e. The fraction of sp³-hybridized carbons (Fsp3) is 0.440. The second kappa shape index (κ2) is 9.69. The van der Waals surface area contributed by atoms with Gasteiger partial charge in [-0.25, -0.2) is 4.39 Å². The summed E-state index contributed by atoms with van der Waals surface area (Å²) in [6, 6.07) is 8.69. The molecule has 1 atom stereocenters. The first-order valence-electron chi connectivity index (χ1n) is 11.1. The lowest BCUT2D eigenvalue weighted by molar-refractivity contribution is -0.126. The number of ether oxygens (including phenoxy) is 2. The Kier molecular flexibility index (Phi) is 6.74. The van der Waals surface area contributed by atoms with Gasteiger partial charge in [0.15, 0.2) is 6.79 Å². The molecule has 0 spiro atoms. The molecule has 2 aromatic rings. The Morgan fingerprint density at radius 1 is 1.16 bits per heavy atom. The lowest BCUT2D eigenvalue weighted by Crippen LogP contribution is -2.45. The van der Waals surface area contributed by atoms with Gasteiger partial charge in [-0.05, 0) is 62.9 Å². The minimum absolute atomic E-state index is 0.0277. The molecule has 4 rings (SSSR count). The number of amides is 2. The maximum absolute atomic E-state index is 13.9. The Morgan fingerprint density at radius 2 is 1.94 bits per heavy atom. The van der Waals surface area contributed by atoms with Crippen LogP contribution in [0.1, 0.15) is 45.5 Å². The van der Waals surface area contributed by atoms with Crippen LogP contribution in [0.4, 0.5) is 4.39 Å². The van der Waals surface area contributed by atoms with E-state index >= 15 is 0 Å². The molecule has 1 fully saturated rings. The molecular weight excluding hydrogens is 411 g/mol. The average Bonchev–Trinajstić information content (AvgIpc) is 2.77. The predicted octanol–water partition coefficient (Wildman–Crippen LogP) is 3.52. The second-order valence-corrected chi connectivity index (χ2v) is 8.67. The number of carbonyl (C=O) groups excluding carboxylic acids is 2. The highest BCUT2D eigenvalue weighted by atomic mass is 19.1. The molecule has 2 heterocycles. The fourth-order valence-corrected chi connectivity index (χ4v) is 4.56. The number of piperidine rings is 1. The van der Waals surface area contributed by atoms with E-state index in [4.69, 9.17) is 9.47 Å². The monoisotopic (exact) mass is 440 g/mol. The van der Waals surface area contributed by atoms with E-state index in [2.05, 4.69) is 5.32 Å². The first-order valence-corrected chi connectivity index (χ1v) is 11.1. The third kappa shape index (κ3) is 5.10. The van der Waals surface area contributed by atoms with Gasteiger partial charge in [-0.2, -0.15) is 0 Å². The third-order valence-corrected chi connectivity index (χ3v) is 5.99. The minimum Gasteiger partial charge on any atom is -0.467 e. The zero-order valence-corrected chi connectivity index (χ0v) is 18.6. The Bertz CT molecular complexity index is 1000. The molecule has 2 aliphatic rings. The van der Waals surface area contributed by atoms with Gasteiger partial charge in [0.25, 0.3) is 5.91 Å². The number of halogens is 1. The maximum atomic E-state index is 13.9. The second-order valence-electron chi connectivity index (χ2n) is 8.67. The van der Waals surface area contributed by atoms with E-state index in [1.165, 1.54) is 12.1 Å². The average molecular weight is 441 g/mol. The van der Waals surface area contributed by atoms with Gasteiger partial charge in [0.05, 0.1) is 12.5 Å². The predicted molar refractivity (Wildman–Crippen MR) is 118 cm³/mol. The number of rotatable bonds is 5. The first-order chi connectivity index (χ1) is 15.4. The van der Waals surface area contributed by atoms with Gasteiger partial charge < -0.3 is 19.7 Å². The van der Waals surface area contributed by atoms with Crippen LogP contribution in [0.3, 0.4) is 0 Å². The highest BCUT2D eigenvalue weighted by Gasteiger charge is 2.29. The van der Waals surface area contributed by atoms with Crippen molar-refractivity contribution in [1.29, 1.82) is 0 Å². The van der Waals surface area contributed by atoms with Crippen LogP contribution in [-0.2, 0) is 22.6 Å². The summed E-state index contributed by atoms with van der Waals surface area (Å²) in [6.45, 7) is 5.86. The molecule has 0 aromatic heterocycles. The van der Waals surface area contributed by atoms with Gasteiger partial charge in [-0.3, -0.25) is 9.59 Å². The van der Waals surface area contributed by atoms with Crippen molar-refractivity contribution in [2.24, 2.45) is 5.92 Å². The quantitative estimate of drug-likeness (QED) is 0.773. The highest BCUT2D eigenvalue weighted by molar-refractivity contribution is 5.95. The van der Waals surface area contributed by atoms with Crippen LogP contribution in [0, 0.1) is 25.6 Å². The number of benzene rings is 2. The van der Waals surface area contributed by atoms with E-state index in [-0.39, 0.29) is 30.3 Å². The number of nitrogens with zero attached hydrogens (tertiary/aromatic N) is 1. The molecule has 1 saturated heterocycles. The number of hydrogen-bond donors (Lipinski definition) is 1. The summed E-state index contributed by atoms with van der Waals surface area (Å²) in [7, 11) is 0. The van der Waals surface area contributed by atoms with Crippen molar-refractivity contribution in [3.63, 3.8) is 0 Å². The number of nitrogens with one attached hydrogen (secondary N) is 1. The summed E-state index contributed by atoms with van der Waals surface area (Å²) in [4.78, 5) is 27.5. The van der Waals surface area contributed by atoms with Crippen LogP contribution in [0.25, 0.3) is 0 Å². The SMILES string of the molecule is Cc1cc(C)cc(C(=O)N2CCCC(C(=O)NCCc3cc(F)cc4c3OCOC4)C2)c1. The molecule has 2 aromatic carbocycles. The van der Waals surface area contributed by atoms with E-state index in [9.17, 15) is 14.0 Å². The first kappa shape index (κ1) is 22.3. The Balaban J connectivity index is 1.34. The van der Waals surface area contributed by atoms with Crippen molar-refractivity contribution in [2.45, 2.75) is 39.7 Å². The normalized spacial score (nSPS) is 18.0. The molecule has 32 heavy (non-hydrogen) atoms. The van der Waals surface area contributed by atoms with Crippen molar-refractivity contribution >= 4 is 11.8 Å². The van der Waals surface area contributed by atoms with Gasteiger partial charge in [-0.15, -0.1) is 0 Å². The number of fused-ring (bicyclic) bond motifs is 1. The molecule has 7 heteroatoms. The lowest BCUT2D eigenvalue weighted by Gasteiger charge is -2.32. The van der Waals surface area contributed by atoms with E-state index in [0.717, 1.165) is 29.5 Å². The van der Waals surface area contributed by atoms with E-state index in [0.29, 0.717) is 49.5 Å². The van der Waals surface area contributed by atoms with Crippen LogP contribution in [-0.4, -0.2) is 43.1 Å². The fourth-order valence-electron chi connectivity index (χ4n) is 4.56. The zero-order chi connectivity index (χ0) is 22.7. The van der Waals surface area contributed by atoms with Gasteiger partial charge in [0.1, 0.15) is 11.6 Å². The summed E-state index contributed by atoms with van der Waals surface area (Å²) < 4.78 is 24.7. The van der Waals surface area contributed by atoms with Crippen molar-refractivity contribution < 1.29 is 23.5 Å². The number of carbonyl (C=O) groups is 2. The molecular formula is C25H29FN2O4.